The predicted octanol–water partition coefficient (Wildman–Crippen LogP) is 3.55. The summed E-state index contributed by atoms with van der Waals surface area (Å²) < 4.78 is 0. The Morgan fingerprint density at radius 2 is 1.69 bits per heavy atom. The van der Waals surface area contributed by atoms with Crippen molar-refractivity contribution in [3.8, 4) is 0 Å². The van der Waals surface area contributed by atoms with Crippen LogP contribution >= 0.6 is 0 Å². The molecule has 0 bridgehead atoms. The zero-order valence-corrected chi connectivity index (χ0v) is 15.5. The largest absolute Gasteiger partial charge is 0.376 e. The fraction of sp³-hybridized carbons (Fsp3) is 0.333. The molecule has 136 valence electrons. The molecule has 0 atom stereocenters. The van der Waals surface area contributed by atoms with E-state index in [9.17, 15) is 9.59 Å². The summed E-state index contributed by atoms with van der Waals surface area (Å²) in [4.78, 5) is 24.7. The summed E-state index contributed by atoms with van der Waals surface area (Å²) >= 11 is 0. The highest BCUT2D eigenvalue weighted by Crippen LogP contribution is 2.23. The first kappa shape index (κ1) is 18.0. The van der Waals surface area contributed by atoms with Crippen LogP contribution in [0.1, 0.15) is 39.9 Å². The molecule has 0 aromatic heterocycles. The van der Waals surface area contributed by atoms with E-state index < -0.39 is 0 Å². The molecule has 0 radical (unpaired) electrons. The molecular weight excluding hydrogens is 326 g/mol. The van der Waals surface area contributed by atoms with Crippen molar-refractivity contribution in [2.45, 2.75) is 39.7 Å². The van der Waals surface area contributed by atoms with Gasteiger partial charge >= 0.3 is 0 Å². The highest BCUT2D eigenvalue weighted by molar-refractivity contribution is 6.01. The van der Waals surface area contributed by atoms with E-state index in [-0.39, 0.29) is 18.4 Å². The number of aryl methyl sites for hydroxylation is 3. The van der Waals surface area contributed by atoms with Crippen LogP contribution in [0.15, 0.2) is 36.4 Å². The van der Waals surface area contributed by atoms with Crippen LogP contribution in [0.2, 0.25) is 0 Å². The first-order valence-corrected chi connectivity index (χ1v) is 8.95. The molecule has 0 aliphatic heterocycles. The molecule has 0 unspecified atom stereocenters. The summed E-state index contributed by atoms with van der Waals surface area (Å²) in [6.45, 7) is 6.11. The van der Waals surface area contributed by atoms with E-state index in [0.29, 0.717) is 17.3 Å². The molecule has 5 nitrogen and oxygen atoms in total. The van der Waals surface area contributed by atoms with Gasteiger partial charge in [0.05, 0.1) is 12.1 Å². The van der Waals surface area contributed by atoms with Gasteiger partial charge in [-0.05, 0) is 56.9 Å². The van der Waals surface area contributed by atoms with Crippen molar-refractivity contribution in [2.24, 2.45) is 0 Å². The Morgan fingerprint density at radius 3 is 2.35 bits per heavy atom. The molecule has 5 heteroatoms. The van der Waals surface area contributed by atoms with Crippen molar-refractivity contribution in [1.82, 2.24) is 5.32 Å². The third-order valence-electron chi connectivity index (χ3n) is 4.47. The summed E-state index contributed by atoms with van der Waals surface area (Å²) in [5.74, 6) is -0.237. The number of anilines is 2. The van der Waals surface area contributed by atoms with Crippen LogP contribution in [-0.4, -0.2) is 24.4 Å². The number of amides is 2. The Hall–Kier alpha value is -2.82. The van der Waals surface area contributed by atoms with Gasteiger partial charge in [0.25, 0.3) is 5.91 Å². The summed E-state index contributed by atoms with van der Waals surface area (Å²) in [5.41, 5.74) is 5.34. The summed E-state index contributed by atoms with van der Waals surface area (Å²) in [6, 6.07) is 11.7. The lowest BCUT2D eigenvalue weighted by atomic mass is 10.1. The number of hydrogen-bond acceptors (Lipinski definition) is 3. The van der Waals surface area contributed by atoms with E-state index >= 15 is 0 Å². The maximum atomic E-state index is 12.4. The lowest BCUT2D eigenvalue weighted by Crippen LogP contribution is -2.28. The fourth-order valence-corrected chi connectivity index (χ4v) is 3.06. The van der Waals surface area contributed by atoms with Crippen molar-refractivity contribution in [3.05, 3.63) is 58.7 Å². The van der Waals surface area contributed by atoms with Crippen molar-refractivity contribution in [1.29, 1.82) is 0 Å². The fourth-order valence-electron chi connectivity index (χ4n) is 3.06. The van der Waals surface area contributed by atoms with Crippen LogP contribution in [-0.2, 0) is 4.79 Å². The minimum absolute atomic E-state index is 0.0961. The predicted molar refractivity (Wildman–Crippen MR) is 105 cm³/mol. The van der Waals surface area contributed by atoms with Gasteiger partial charge in [0.2, 0.25) is 5.91 Å². The van der Waals surface area contributed by atoms with Crippen molar-refractivity contribution in [2.75, 3.05) is 17.2 Å². The summed E-state index contributed by atoms with van der Waals surface area (Å²) in [7, 11) is 0. The Morgan fingerprint density at radius 1 is 1.04 bits per heavy atom. The highest BCUT2D eigenvalue weighted by atomic mass is 16.2. The maximum absolute atomic E-state index is 12.4. The standard InChI is InChI=1S/C21H25N3O2/c1-13-10-14(2)20(15(3)11-13)24-19(25)12-22-18-7-5-4-6-17(18)21(26)23-16-8-9-16/h4-7,10-11,16,22H,8-9,12H2,1-3H3,(H,23,26)(H,24,25). The SMILES string of the molecule is Cc1cc(C)c(NC(=O)CNc2ccccc2C(=O)NC2CC2)c(C)c1. The van der Waals surface area contributed by atoms with Crippen LogP contribution in [0.4, 0.5) is 11.4 Å². The molecule has 0 spiro atoms. The lowest BCUT2D eigenvalue weighted by molar-refractivity contribution is -0.114. The Balaban J connectivity index is 1.64. The van der Waals surface area contributed by atoms with Crippen LogP contribution < -0.4 is 16.0 Å². The topological polar surface area (TPSA) is 70.2 Å². The molecule has 2 aromatic carbocycles. The second-order valence-corrected chi connectivity index (χ2v) is 6.97. The molecule has 1 fully saturated rings. The second-order valence-electron chi connectivity index (χ2n) is 6.97. The number of benzene rings is 2. The van der Waals surface area contributed by atoms with Crippen molar-refractivity contribution in [3.63, 3.8) is 0 Å². The monoisotopic (exact) mass is 351 g/mol. The first-order valence-electron chi connectivity index (χ1n) is 8.95. The van der Waals surface area contributed by atoms with E-state index in [2.05, 4.69) is 16.0 Å². The quantitative estimate of drug-likeness (QED) is 0.745. The van der Waals surface area contributed by atoms with E-state index in [1.165, 1.54) is 5.56 Å². The Bertz CT molecular complexity index is 818. The lowest BCUT2D eigenvalue weighted by Gasteiger charge is -2.15. The zero-order chi connectivity index (χ0) is 18.7. The molecule has 0 heterocycles. The molecular formula is C21H25N3O2. The normalized spacial score (nSPS) is 13.2. The van der Waals surface area contributed by atoms with Crippen LogP contribution in [0.25, 0.3) is 0 Å². The summed E-state index contributed by atoms with van der Waals surface area (Å²) in [6.07, 6.45) is 2.08. The number of rotatable bonds is 6. The second kappa shape index (κ2) is 7.60. The number of carbonyl (C=O) groups is 2. The van der Waals surface area contributed by atoms with Crippen molar-refractivity contribution >= 4 is 23.2 Å². The molecule has 1 aliphatic rings. The molecule has 2 amide bonds. The first-order chi connectivity index (χ1) is 12.4. The molecule has 0 saturated heterocycles. The number of para-hydroxylation sites is 1. The van der Waals surface area contributed by atoms with Gasteiger partial charge in [-0.1, -0.05) is 29.8 Å². The molecule has 1 saturated carbocycles. The molecule has 1 aliphatic carbocycles. The molecule has 26 heavy (non-hydrogen) atoms. The number of nitrogens with one attached hydrogen (secondary N) is 3. The van der Waals surface area contributed by atoms with E-state index in [1.54, 1.807) is 6.07 Å². The van der Waals surface area contributed by atoms with E-state index in [4.69, 9.17) is 0 Å². The third-order valence-corrected chi connectivity index (χ3v) is 4.47. The van der Waals surface area contributed by atoms with Crippen LogP contribution in [0.3, 0.4) is 0 Å². The van der Waals surface area contributed by atoms with Gasteiger partial charge in [0.1, 0.15) is 0 Å². The minimum atomic E-state index is -0.141. The van der Waals surface area contributed by atoms with Gasteiger partial charge in [-0.25, -0.2) is 0 Å². The van der Waals surface area contributed by atoms with Gasteiger partial charge in [0.15, 0.2) is 0 Å². The van der Waals surface area contributed by atoms with Crippen molar-refractivity contribution < 1.29 is 9.59 Å². The number of carbonyl (C=O) groups excluding carboxylic acids is 2. The molecule has 3 rings (SSSR count). The molecule has 3 N–H and O–H groups in total. The van der Waals surface area contributed by atoms with E-state index in [0.717, 1.165) is 29.7 Å². The Labute approximate surface area is 154 Å². The molecule has 2 aromatic rings. The smallest absolute Gasteiger partial charge is 0.253 e. The van der Waals surface area contributed by atoms with Crippen LogP contribution in [0, 0.1) is 20.8 Å². The van der Waals surface area contributed by atoms with Gasteiger partial charge in [-0.2, -0.15) is 0 Å². The third kappa shape index (κ3) is 4.42. The minimum Gasteiger partial charge on any atom is -0.376 e. The van der Waals surface area contributed by atoms with Gasteiger partial charge < -0.3 is 16.0 Å². The van der Waals surface area contributed by atoms with Gasteiger partial charge in [-0.3, -0.25) is 9.59 Å². The highest BCUT2D eigenvalue weighted by Gasteiger charge is 2.24. The maximum Gasteiger partial charge on any atom is 0.253 e. The van der Waals surface area contributed by atoms with Gasteiger partial charge in [-0.15, -0.1) is 0 Å². The average Bonchev–Trinajstić information content (AvgIpc) is 3.40. The van der Waals surface area contributed by atoms with Gasteiger partial charge in [0, 0.05) is 17.4 Å². The average molecular weight is 351 g/mol. The Kier molecular flexibility index (Phi) is 5.26. The number of hydrogen-bond donors (Lipinski definition) is 3. The van der Waals surface area contributed by atoms with Crippen LogP contribution in [0.5, 0.6) is 0 Å². The zero-order valence-electron chi connectivity index (χ0n) is 15.5. The van der Waals surface area contributed by atoms with E-state index in [1.807, 2.05) is 51.1 Å². The summed E-state index contributed by atoms with van der Waals surface area (Å²) in [5, 5.41) is 9.03.